The molecule has 144 valence electrons. The minimum Gasteiger partial charge on any atom is -0.342 e. The van der Waals surface area contributed by atoms with Crippen molar-refractivity contribution in [2.24, 2.45) is 11.8 Å². The second-order valence-electron chi connectivity index (χ2n) is 6.56. The monoisotopic (exact) mass is 453 g/mol. The van der Waals surface area contributed by atoms with Crippen molar-refractivity contribution in [2.45, 2.75) is 19.3 Å². The van der Waals surface area contributed by atoms with Crippen LogP contribution in [0, 0.1) is 11.8 Å². The highest BCUT2D eigenvalue weighted by Gasteiger charge is 2.31. The van der Waals surface area contributed by atoms with Crippen molar-refractivity contribution in [2.75, 3.05) is 26.2 Å². The number of aromatic nitrogens is 1. The van der Waals surface area contributed by atoms with Gasteiger partial charge >= 0.3 is 0 Å². The number of carbonyl (C=O) groups is 1. The molecule has 0 spiro atoms. The van der Waals surface area contributed by atoms with Gasteiger partial charge in [0.25, 0.3) is 0 Å². The first-order valence-corrected chi connectivity index (χ1v) is 10.4. The van der Waals surface area contributed by atoms with Crippen LogP contribution in [0.15, 0.2) is 17.5 Å². The quantitative estimate of drug-likeness (QED) is 0.749. The molecule has 4 heterocycles. The molecule has 0 aromatic carbocycles. The molecule has 0 unspecified atom stereocenters. The van der Waals surface area contributed by atoms with Crippen LogP contribution in [0.1, 0.15) is 18.5 Å². The zero-order valence-electron chi connectivity index (χ0n) is 14.2. The van der Waals surface area contributed by atoms with Crippen molar-refractivity contribution in [3.63, 3.8) is 0 Å². The Labute approximate surface area is 179 Å². The predicted molar refractivity (Wildman–Crippen MR) is 114 cm³/mol. The number of thiophene rings is 1. The normalized spacial score (nSPS) is 22.1. The average molecular weight is 455 g/mol. The molecule has 0 saturated carbocycles. The summed E-state index contributed by atoms with van der Waals surface area (Å²) in [4.78, 5) is 20.4. The highest BCUT2D eigenvalue weighted by molar-refractivity contribution is 7.23. The maximum atomic E-state index is 12.6. The third-order valence-corrected chi connectivity index (χ3v) is 7.33. The van der Waals surface area contributed by atoms with Crippen LogP contribution in [0.25, 0.3) is 9.88 Å². The summed E-state index contributed by atoms with van der Waals surface area (Å²) >= 11 is 9.10. The minimum atomic E-state index is 0. The number of carbonyl (C=O) groups excluding carboxylic acids is 1. The standard InChI is InChI=1S/C17H20ClN3OS2.2ClH/c18-15-2-1-14(24-15)17-20-13(10-23-17)7-16(22)21-5-3-11-8-19-9-12(11)4-6-21;;/h1-2,10-12,19H,3-9H2;2*1H/t11-,12+;;. The van der Waals surface area contributed by atoms with Gasteiger partial charge in [-0.2, -0.15) is 0 Å². The van der Waals surface area contributed by atoms with Gasteiger partial charge in [0.15, 0.2) is 0 Å². The largest absolute Gasteiger partial charge is 0.342 e. The first-order chi connectivity index (χ1) is 11.7. The van der Waals surface area contributed by atoms with E-state index in [4.69, 9.17) is 11.6 Å². The van der Waals surface area contributed by atoms with Crippen LogP contribution in [0.5, 0.6) is 0 Å². The Morgan fingerprint density at radius 3 is 2.54 bits per heavy atom. The lowest BCUT2D eigenvalue weighted by atomic mass is 9.92. The molecule has 26 heavy (non-hydrogen) atoms. The van der Waals surface area contributed by atoms with Crippen LogP contribution in [-0.4, -0.2) is 42.0 Å². The number of amides is 1. The van der Waals surface area contributed by atoms with Crippen molar-refractivity contribution >= 4 is 65.0 Å². The number of fused-ring (bicyclic) bond motifs is 1. The van der Waals surface area contributed by atoms with Gasteiger partial charge in [-0.25, -0.2) is 4.98 Å². The van der Waals surface area contributed by atoms with E-state index in [9.17, 15) is 4.79 Å². The Hall–Kier alpha value is -0.370. The fourth-order valence-electron chi connectivity index (χ4n) is 3.66. The highest BCUT2D eigenvalue weighted by Crippen LogP contribution is 2.33. The summed E-state index contributed by atoms with van der Waals surface area (Å²) in [6, 6.07) is 3.87. The van der Waals surface area contributed by atoms with Gasteiger partial charge in [-0.15, -0.1) is 47.5 Å². The molecule has 0 radical (unpaired) electrons. The first kappa shape index (κ1) is 21.9. The summed E-state index contributed by atoms with van der Waals surface area (Å²) in [5.41, 5.74) is 0.871. The Morgan fingerprint density at radius 2 is 1.92 bits per heavy atom. The Balaban J connectivity index is 0.00000121. The fourth-order valence-corrected chi connectivity index (χ4v) is 5.60. The summed E-state index contributed by atoms with van der Waals surface area (Å²) in [7, 11) is 0. The maximum Gasteiger partial charge on any atom is 0.228 e. The van der Waals surface area contributed by atoms with E-state index in [0.29, 0.717) is 6.42 Å². The van der Waals surface area contributed by atoms with E-state index in [2.05, 4.69) is 10.3 Å². The number of likely N-dealkylation sites (tertiary alicyclic amines) is 1. The summed E-state index contributed by atoms with van der Waals surface area (Å²) in [6.07, 6.45) is 2.65. The molecule has 2 aliphatic heterocycles. The number of nitrogens with one attached hydrogen (secondary N) is 1. The van der Waals surface area contributed by atoms with E-state index in [0.717, 1.165) is 70.8 Å². The zero-order valence-corrected chi connectivity index (χ0v) is 18.2. The number of nitrogens with zero attached hydrogens (tertiary/aromatic N) is 2. The van der Waals surface area contributed by atoms with Crippen LogP contribution < -0.4 is 5.32 Å². The molecular formula is C17H22Cl3N3OS2. The number of hydrogen-bond donors (Lipinski definition) is 1. The van der Waals surface area contributed by atoms with Gasteiger partial charge in [-0.3, -0.25) is 4.79 Å². The third-order valence-electron chi connectivity index (χ3n) is 5.04. The first-order valence-electron chi connectivity index (χ1n) is 8.37. The van der Waals surface area contributed by atoms with Crippen LogP contribution in [0.4, 0.5) is 0 Å². The SMILES string of the molecule is Cl.Cl.O=C(Cc1csc(-c2ccc(Cl)s2)n1)N1CC[C@@H]2CNC[C@@H]2CC1. The second kappa shape index (κ2) is 9.71. The molecule has 2 aromatic rings. The Kier molecular flexibility index (Phi) is 8.19. The molecule has 0 aliphatic carbocycles. The maximum absolute atomic E-state index is 12.6. The van der Waals surface area contributed by atoms with Crippen LogP contribution in [0.2, 0.25) is 4.34 Å². The molecule has 4 rings (SSSR count). The van der Waals surface area contributed by atoms with E-state index in [1.54, 1.807) is 11.3 Å². The van der Waals surface area contributed by atoms with Gasteiger partial charge in [0.05, 0.1) is 21.3 Å². The fraction of sp³-hybridized carbons (Fsp3) is 0.529. The molecule has 9 heteroatoms. The van der Waals surface area contributed by atoms with E-state index in [-0.39, 0.29) is 30.7 Å². The van der Waals surface area contributed by atoms with Crippen LogP contribution >= 0.6 is 59.1 Å². The zero-order chi connectivity index (χ0) is 16.5. The number of thiazole rings is 1. The molecular weight excluding hydrogens is 433 g/mol. The van der Waals surface area contributed by atoms with Crippen molar-refractivity contribution in [1.29, 1.82) is 0 Å². The molecule has 0 bridgehead atoms. The molecule has 2 fully saturated rings. The lowest BCUT2D eigenvalue weighted by Crippen LogP contribution is -2.34. The summed E-state index contributed by atoms with van der Waals surface area (Å²) in [5.74, 6) is 1.71. The Morgan fingerprint density at radius 1 is 1.23 bits per heavy atom. The van der Waals surface area contributed by atoms with Gasteiger partial charge in [0, 0.05) is 18.5 Å². The van der Waals surface area contributed by atoms with E-state index >= 15 is 0 Å². The lowest BCUT2D eigenvalue weighted by molar-refractivity contribution is -0.130. The van der Waals surface area contributed by atoms with Crippen LogP contribution in [0.3, 0.4) is 0 Å². The summed E-state index contributed by atoms with van der Waals surface area (Å²) < 4.78 is 0.766. The second-order valence-corrected chi connectivity index (χ2v) is 9.13. The van der Waals surface area contributed by atoms with Crippen molar-refractivity contribution in [3.05, 3.63) is 27.5 Å². The van der Waals surface area contributed by atoms with E-state index < -0.39 is 0 Å². The molecule has 2 saturated heterocycles. The smallest absolute Gasteiger partial charge is 0.228 e. The van der Waals surface area contributed by atoms with Gasteiger partial charge < -0.3 is 10.2 Å². The number of halogens is 3. The van der Waals surface area contributed by atoms with Gasteiger partial charge in [0.1, 0.15) is 5.01 Å². The van der Waals surface area contributed by atoms with Crippen molar-refractivity contribution in [3.8, 4) is 9.88 Å². The van der Waals surface area contributed by atoms with Gasteiger partial charge in [0.2, 0.25) is 5.91 Å². The molecule has 4 nitrogen and oxygen atoms in total. The minimum absolute atomic E-state index is 0. The molecule has 1 amide bonds. The number of hydrogen-bond acceptors (Lipinski definition) is 5. The number of rotatable bonds is 3. The van der Waals surface area contributed by atoms with E-state index in [1.165, 1.54) is 11.3 Å². The molecule has 2 atom stereocenters. The van der Waals surface area contributed by atoms with Gasteiger partial charge in [-0.05, 0) is 49.9 Å². The van der Waals surface area contributed by atoms with E-state index in [1.807, 2.05) is 22.4 Å². The topological polar surface area (TPSA) is 45.2 Å². The summed E-state index contributed by atoms with van der Waals surface area (Å²) in [6.45, 7) is 4.01. The average Bonchev–Trinajstić information content (AvgIpc) is 3.27. The summed E-state index contributed by atoms with van der Waals surface area (Å²) in [5, 5.41) is 6.42. The molecule has 1 N–H and O–H groups in total. The highest BCUT2D eigenvalue weighted by atomic mass is 35.5. The lowest BCUT2D eigenvalue weighted by Gasteiger charge is -2.20. The van der Waals surface area contributed by atoms with Crippen molar-refractivity contribution < 1.29 is 4.79 Å². The molecule has 2 aromatic heterocycles. The van der Waals surface area contributed by atoms with Gasteiger partial charge in [-0.1, -0.05) is 11.6 Å². The predicted octanol–water partition coefficient (Wildman–Crippen LogP) is 4.37. The van der Waals surface area contributed by atoms with Crippen molar-refractivity contribution in [1.82, 2.24) is 15.2 Å². The third kappa shape index (κ3) is 4.91. The van der Waals surface area contributed by atoms with Crippen LogP contribution in [-0.2, 0) is 11.2 Å². The molecule has 2 aliphatic rings. The Bertz CT molecular complexity index is 722.